The monoisotopic (exact) mass is 183 g/mol. The summed E-state index contributed by atoms with van der Waals surface area (Å²) in [6, 6.07) is 0. The molecule has 0 aromatic carbocycles. The maximum Gasteiger partial charge on any atom is 0.253 e. The average molecular weight is 184 g/mol. The van der Waals surface area contributed by atoms with Crippen LogP contribution in [0.3, 0.4) is 0 Å². The van der Waals surface area contributed by atoms with Gasteiger partial charge in [0.2, 0.25) is 11.8 Å². The second-order valence-electron chi connectivity index (χ2n) is 1.67. The molecule has 0 aliphatic heterocycles. The Morgan fingerprint density at radius 3 is 2.27 bits per heavy atom. The first-order valence-electron chi connectivity index (χ1n) is 2.43. The molecule has 0 saturated heterocycles. The Bertz CT molecular complexity index is 278. The zero-order chi connectivity index (χ0) is 8.59. The molecule has 0 amide bonds. The third-order valence-corrected chi connectivity index (χ3v) is 1.29. The van der Waals surface area contributed by atoms with Crippen LogP contribution in [-0.2, 0) is 0 Å². The van der Waals surface area contributed by atoms with Crippen molar-refractivity contribution in [1.29, 1.82) is 0 Å². The molecular weight excluding hydrogens is 183 g/mol. The Morgan fingerprint density at radius 1 is 1.18 bits per heavy atom. The van der Waals surface area contributed by atoms with Crippen LogP contribution in [0.4, 0.5) is 13.2 Å². The smallest absolute Gasteiger partial charge is 0.253 e. The molecule has 1 N–H and O–H groups in total. The van der Waals surface area contributed by atoms with Crippen molar-refractivity contribution in [2.75, 3.05) is 0 Å². The summed E-state index contributed by atoms with van der Waals surface area (Å²) in [4.78, 5) is 2.58. The van der Waals surface area contributed by atoms with Crippen molar-refractivity contribution in [3.05, 3.63) is 22.6 Å². The van der Waals surface area contributed by atoms with Crippen LogP contribution in [0, 0.1) is 17.6 Å². The van der Waals surface area contributed by atoms with Crippen LogP contribution in [0.25, 0.3) is 0 Å². The van der Waals surface area contributed by atoms with E-state index in [2.05, 4.69) is 4.98 Å². The van der Waals surface area contributed by atoms with Crippen molar-refractivity contribution in [1.82, 2.24) is 4.98 Å². The van der Waals surface area contributed by atoms with Gasteiger partial charge in [-0.2, -0.15) is 13.8 Å². The Kier molecular flexibility index (Phi) is 1.90. The summed E-state index contributed by atoms with van der Waals surface area (Å²) in [5.41, 5.74) is 0. The lowest BCUT2D eigenvalue weighted by atomic mass is 10.4. The van der Waals surface area contributed by atoms with Crippen molar-refractivity contribution in [3.8, 4) is 5.88 Å². The van der Waals surface area contributed by atoms with Crippen LogP contribution in [0.2, 0.25) is 5.02 Å². The van der Waals surface area contributed by atoms with Gasteiger partial charge in [0.25, 0.3) is 5.88 Å². The van der Waals surface area contributed by atoms with E-state index in [9.17, 15) is 13.2 Å². The van der Waals surface area contributed by atoms with E-state index in [1.54, 1.807) is 0 Å². The molecule has 0 fully saturated rings. The second kappa shape index (κ2) is 2.58. The van der Waals surface area contributed by atoms with Crippen LogP contribution >= 0.6 is 11.6 Å². The number of rotatable bonds is 0. The summed E-state index contributed by atoms with van der Waals surface area (Å²) < 4.78 is 36.7. The van der Waals surface area contributed by atoms with E-state index in [4.69, 9.17) is 16.7 Å². The van der Waals surface area contributed by atoms with Gasteiger partial charge in [0, 0.05) is 0 Å². The van der Waals surface area contributed by atoms with Gasteiger partial charge in [-0.05, 0) is 0 Å². The minimum absolute atomic E-state index is 1.07. The molecule has 11 heavy (non-hydrogen) atoms. The minimum Gasteiger partial charge on any atom is -0.491 e. The normalized spacial score (nSPS) is 10.2. The van der Waals surface area contributed by atoms with E-state index in [0.717, 1.165) is 0 Å². The number of hydrogen-bond donors (Lipinski definition) is 1. The topological polar surface area (TPSA) is 33.1 Å². The molecule has 6 heteroatoms. The maximum absolute atomic E-state index is 12.3. The molecule has 0 aliphatic rings. The lowest BCUT2D eigenvalue weighted by molar-refractivity contribution is 0.372. The highest BCUT2D eigenvalue weighted by Crippen LogP contribution is 2.24. The summed E-state index contributed by atoms with van der Waals surface area (Å²) in [5.74, 6) is -6.08. The lowest BCUT2D eigenvalue weighted by Crippen LogP contribution is -1.94. The summed E-state index contributed by atoms with van der Waals surface area (Å²) >= 11 is 4.89. The standard InChI is InChI=1S/C5HClF3NO/c6-1-2(7)3(8)5(11)10-4(1)9/h(H,10,11). The first-order chi connectivity index (χ1) is 5.04. The highest BCUT2D eigenvalue weighted by atomic mass is 35.5. The van der Waals surface area contributed by atoms with Gasteiger partial charge in [0.1, 0.15) is 5.02 Å². The molecule has 0 bridgehead atoms. The molecule has 1 aromatic rings. The van der Waals surface area contributed by atoms with Gasteiger partial charge in [-0.3, -0.25) is 0 Å². The molecule has 0 spiro atoms. The van der Waals surface area contributed by atoms with Gasteiger partial charge >= 0.3 is 0 Å². The third-order valence-electron chi connectivity index (χ3n) is 0.967. The van der Waals surface area contributed by atoms with Gasteiger partial charge in [0.15, 0.2) is 5.82 Å². The summed E-state index contributed by atoms with van der Waals surface area (Å²) in [7, 11) is 0. The molecule has 0 radical (unpaired) electrons. The Balaban J connectivity index is 3.46. The molecule has 0 aliphatic carbocycles. The van der Waals surface area contributed by atoms with Crippen LogP contribution in [0.15, 0.2) is 0 Å². The van der Waals surface area contributed by atoms with Crippen molar-refractivity contribution >= 4 is 11.6 Å². The van der Waals surface area contributed by atoms with Crippen molar-refractivity contribution < 1.29 is 18.3 Å². The van der Waals surface area contributed by atoms with Crippen LogP contribution in [0.5, 0.6) is 5.88 Å². The van der Waals surface area contributed by atoms with E-state index < -0.39 is 28.5 Å². The fourth-order valence-corrected chi connectivity index (χ4v) is 0.601. The fraction of sp³-hybridized carbons (Fsp3) is 0. The summed E-state index contributed by atoms with van der Waals surface area (Å²) in [6.45, 7) is 0. The quantitative estimate of drug-likeness (QED) is 0.623. The van der Waals surface area contributed by atoms with Crippen molar-refractivity contribution in [3.63, 3.8) is 0 Å². The van der Waals surface area contributed by atoms with E-state index in [-0.39, 0.29) is 0 Å². The average Bonchev–Trinajstić information content (AvgIpc) is 1.97. The first-order valence-corrected chi connectivity index (χ1v) is 2.80. The molecule has 1 aromatic heterocycles. The molecule has 1 rings (SSSR count). The van der Waals surface area contributed by atoms with Crippen molar-refractivity contribution in [2.24, 2.45) is 0 Å². The second-order valence-corrected chi connectivity index (χ2v) is 2.05. The summed E-state index contributed by atoms with van der Waals surface area (Å²) in [5, 5.41) is 7.31. The van der Waals surface area contributed by atoms with Gasteiger partial charge < -0.3 is 5.11 Å². The molecular formula is C5HClF3NO. The van der Waals surface area contributed by atoms with Gasteiger partial charge in [-0.1, -0.05) is 11.6 Å². The van der Waals surface area contributed by atoms with E-state index in [1.165, 1.54) is 0 Å². The van der Waals surface area contributed by atoms with Gasteiger partial charge in [-0.15, -0.1) is 0 Å². The molecule has 60 valence electrons. The van der Waals surface area contributed by atoms with Gasteiger partial charge in [-0.25, -0.2) is 4.39 Å². The van der Waals surface area contributed by atoms with Crippen LogP contribution < -0.4 is 0 Å². The number of aromatic hydroxyl groups is 1. The van der Waals surface area contributed by atoms with E-state index >= 15 is 0 Å². The Labute approximate surface area is 64.2 Å². The largest absolute Gasteiger partial charge is 0.491 e. The SMILES string of the molecule is Oc1nc(F)c(Cl)c(F)c1F. The highest BCUT2D eigenvalue weighted by molar-refractivity contribution is 6.30. The molecule has 1 heterocycles. The predicted molar refractivity (Wildman–Crippen MR) is 30.8 cm³/mol. The fourth-order valence-electron chi connectivity index (χ4n) is 0.476. The number of nitrogens with zero attached hydrogens (tertiary/aromatic N) is 1. The first kappa shape index (κ1) is 8.13. The van der Waals surface area contributed by atoms with Gasteiger partial charge in [0.05, 0.1) is 0 Å². The molecule has 0 atom stereocenters. The third kappa shape index (κ3) is 1.23. The molecule has 0 unspecified atom stereocenters. The number of pyridine rings is 1. The van der Waals surface area contributed by atoms with Crippen molar-refractivity contribution in [2.45, 2.75) is 0 Å². The Hall–Kier alpha value is -0.970. The van der Waals surface area contributed by atoms with E-state index in [1.807, 2.05) is 0 Å². The number of halogens is 4. The number of hydrogen-bond acceptors (Lipinski definition) is 2. The zero-order valence-corrected chi connectivity index (χ0v) is 5.66. The number of aromatic nitrogens is 1. The predicted octanol–water partition coefficient (Wildman–Crippen LogP) is 1.86. The summed E-state index contributed by atoms with van der Waals surface area (Å²) in [6.07, 6.45) is 0. The Morgan fingerprint density at radius 2 is 1.73 bits per heavy atom. The maximum atomic E-state index is 12.3. The highest BCUT2D eigenvalue weighted by Gasteiger charge is 2.17. The van der Waals surface area contributed by atoms with Crippen LogP contribution in [0.1, 0.15) is 0 Å². The van der Waals surface area contributed by atoms with E-state index in [0.29, 0.717) is 0 Å². The minimum atomic E-state index is -1.66. The van der Waals surface area contributed by atoms with Crippen LogP contribution in [-0.4, -0.2) is 10.1 Å². The molecule has 2 nitrogen and oxygen atoms in total. The molecule has 0 saturated carbocycles. The lowest BCUT2D eigenvalue weighted by Gasteiger charge is -1.97. The zero-order valence-electron chi connectivity index (χ0n) is 4.91.